The van der Waals surface area contributed by atoms with Crippen LogP contribution in [0.25, 0.3) is 22.4 Å². The van der Waals surface area contributed by atoms with Crippen molar-refractivity contribution >= 4 is 46.2 Å². The van der Waals surface area contributed by atoms with E-state index >= 15 is 0 Å². The fourth-order valence-electron chi connectivity index (χ4n) is 3.84. The number of imidazole rings is 1. The molecule has 156 valence electrons. The van der Waals surface area contributed by atoms with Gasteiger partial charge >= 0.3 is 5.97 Å². The molecular weight excluding hydrogens is 424 g/mol. The van der Waals surface area contributed by atoms with E-state index in [4.69, 9.17) is 16.3 Å². The number of thioether (sulfide) groups is 1. The van der Waals surface area contributed by atoms with Crippen LogP contribution in [0.3, 0.4) is 0 Å². The Bertz CT molecular complexity index is 1090. The Morgan fingerprint density at radius 2 is 1.93 bits per heavy atom. The molecule has 3 heterocycles. The lowest BCUT2D eigenvalue weighted by Gasteiger charge is -2.35. The number of aromatic amines is 1. The van der Waals surface area contributed by atoms with Crippen LogP contribution in [0.15, 0.2) is 35.5 Å². The number of aliphatic carboxylic acids is 1. The van der Waals surface area contributed by atoms with Crippen molar-refractivity contribution in [1.29, 1.82) is 0 Å². The standard InChI is InChI=1S/C21H21ClN4O3S/c22-15-12-16-18(25-20(23-16)30-21(19(27)28)6-1-7-21)24-17(15)13-2-4-14(5-3-13)26-8-10-29-11-9-26/h2-5,12H,1,6-11H2,(H,27,28)(H,23,24,25). The highest BCUT2D eigenvalue weighted by atomic mass is 35.5. The summed E-state index contributed by atoms with van der Waals surface area (Å²) in [5, 5.41) is 10.7. The number of rotatable bonds is 5. The maximum absolute atomic E-state index is 11.6. The van der Waals surface area contributed by atoms with Crippen LogP contribution >= 0.6 is 23.4 Å². The number of carboxylic acids is 1. The zero-order valence-corrected chi connectivity index (χ0v) is 17.8. The zero-order chi connectivity index (χ0) is 20.7. The second-order valence-corrected chi connectivity index (χ2v) is 9.41. The predicted octanol–water partition coefficient (Wildman–Crippen LogP) is 4.21. The van der Waals surface area contributed by atoms with Crippen molar-refractivity contribution in [2.24, 2.45) is 0 Å². The molecule has 3 aromatic rings. The van der Waals surface area contributed by atoms with Crippen molar-refractivity contribution in [3.63, 3.8) is 0 Å². The van der Waals surface area contributed by atoms with Crippen LogP contribution in [-0.2, 0) is 9.53 Å². The minimum atomic E-state index is -0.786. The molecule has 2 aromatic heterocycles. The Morgan fingerprint density at radius 3 is 2.57 bits per heavy atom. The van der Waals surface area contributed by atoms with Crippen LogP contribution in [0, 0.1) is 0 Å². The largest absolute Gasteiger partial charge is 0.480 e. The highest BCUT2D eigenvalue weighted by Gasteiger charge is 2.46. The second-order valence-electron chi connectivity index (χ2n) is 7.63. The fourth-order valence-corrected chi connectivity index (χ4v) is 5.34. The third kappa shape index (κ3) is 3.53. The summed E-state index contributed by atoms with van der Waals surface area (Å²) in [6.07, 6.45) is 2.23. The number of nitrogens with one attached hydrogen (secondary N) is 1. The van der Waals surface area contributed by atoms with Crippen molar-refractivity contribution in [3.8, 4) is 11.3 Å². The molecule has 30 heavy (non-hydrogen) atoms. The first-order valence-electron chi connectivity index (χ1n) is 9.96. The average molecular weight is 445 g/mol. The maximum atomic E-state index is 11.6. The summed E-state index contributed by atoms with van der Waals surface area (Å²) in [6.45, 7) is 3.26. The topological polar surface area (TPSA) is 91.3 Å². The van der Waals surface area contributed by atoms with Crippen LogP contribution in [0.4, 0.5) is 5.69 Å². The average Bonchev–Trinajstić information content (AvgIpc) is 3.12. The Hall–Kier alpha value is -2.29. The highest BCUT2D eigenvalue weighted by Crippen LogP contribution is 2.47. The number of carbonyl (C=O) groups is 1. The summed E-state index contributed by atoms with van der Waals surface area (Å²) in [6, 6.07) is 9.98. The van der Waals surface area contributed by atoms with Gasteiger partial charge in [-0.15, -0.1) is 0 Å². The Labute approximate surface area is 182 Å². The molecule has 2 fully saturated rings. The molecule has 0 spiro atoms. The first-order valence-corrected chi connectivity index (χ1v) is 11.2. The number of hydrogen-bond acceptors (Lipinski definition) is 6. The number of fused-ring (bicyclic) bond motifs is 1. The predicted molar refractivity (Wildman–Crippen MR) is 117 cm³/mol. The lowest BCUT2D eigenvalue weighted by molar-refractivity contribution is -0.142. The van der Waals surface area contributed by atoms with E-state index in [0.717, 1.165) is 44.0 Å². The maximum Gasteiger partial charge on any atom is 0.320 e. The Kier molecular flexibility index (Phi) is 5.08. The summed E-state index contributed by atoms with van der Waals surface area (Å²) in [5.74, 6) is -0.786. The van der Waals surface area contributed by atoms with Crippen LogP contribution in [-0.4, -0.2) is 57.1 Å². The molecule has 5 rings (SSSR count). The highest BCUT2D eigenvalue weighted by molar-refractivity contribution is 8.01. The summed E-state index contributed by atoms with van der Waals surface area (Å²) < 4.78 is 4.63. The number of H-pyrrole nitrogens is 1. The normalized spacial score (nSPS) is 18.4. The Balaban J connectivity index is 1.42. The van der Waals surface area contributed by atoms with Gasteiger partial charge in [0.2, 0.25) is 0 Å². The van der Waals surface area contributed by atoms with E-state index in [0.29, 0.717) is 39.9 Å². The summed E-state index contributed by atoms with van der Waals surface area (Å²) in [5.41, 5.74) is 3.97. The number of ether oxygens (including phenoxy) is 1. The molecule has 1 aliphatic heterocycles. The number of benzene rings is 1. The molecule has 0 atom stereocenters. The van der Waals surface area contributed by atoms with Crippen LogP contribution in [0.1, 0.15) is 19.3 Å². The van der Waals surface area contributed by atoms with E-state index in [1.54, 1.807) is 6.07 Å². The van der Waals surface area contributed by atoms with Crippen molar-refractivity contribution in [2.75, 3.05) is 31.2 Å². The monoisotopic (exact) mass is 444 g/mol. The van der Waals surface area contributed by atoms with E-state index < -0.39 is 10.7 Å². The number of aromatic nitrogens is 3. The number of halogens is 1. The van der Waals surface area contributed by atoms with Gasteiger partial charge in [-0.3, -0.25) is 4.79 Å². The number of nitrogens with zero attached hydrogens (tertiary/aromatic N) is 3. The van der Waals surface area contributed by atoms with Gasteiger partial charge in [0.05, 0.1) is 29.4 Å². The number of hydrogen-bond donors (Lipinski definition) is 2. The molecule has 7 nitrogen and oxygen atoms in total. The van der Waals surface area contributed by atoms with Crippen LogP contribution in [0.2, 0.25) is 5.02 Å². The summed E-state index contributed by atoms with van der Waals surface area (Å²) in [4.78, 5) is 26.3. The minimum absolute atomic E-state index is 0.526. The third-order valence-corrected chi connectivity index (χ3v) is 7.41. The van der Waals surface area contributed by atoms with Gasteiger partial charge in [-0.2, -0.15) is 0 Å². The lowest BCUT2D eigenvalue weighted by atomic mass is 9.84. The van der Waals surface area contributed by atoms with Crippen molar-refractivity contribution < 1.29 is 14.6 Å². The first-order chi connectivity index (χ1) is 14.5. The summed E-state index contributed by atoms with van der Waals surface area (Å²) in [7, 11) is 0. The molecule has 9 heteroatoms. The van der Waals surface area contributed by atoms with Gasteiger partial charge < -0.3 is 19.7 Å². The Morgan fingerprint density at radius 1 is 1.20 bits per heavy atom. The fraction of sp³-hybridized carbons (Fsp3) is 0.381. The van der Waals surface area contributed by atoms with Gasteiger partial charge in [0, 0.05) is 24.3 Å². The molecule has 2 aliphatic rings. The van der Waals surface area contributed by atoms with E-state index in [-0.39, 0.29) is 0 Å². The van der Waals surface area contributed by atoms with Gasteiger partial charge in [0.1, 0.15) is 4.75 Å². The number of morpholine rings is 1. The van der Waals surface area contributed by atoms with E-state index in [1.165, 1.54) is 11.8 Å². The molecule has 0 bridgehead atoms. The van der Waals surface area contributed by atoms with Gasteiger partial charge in [0.15, 0.2) is 10.8 Å². The van der Waals surface area contributed by atoms with Crippen LogP contribution in [0.5, 0.6) is 0 Å². The van der Waals surface area contributed by atoms with Gasteiger partial charge in [0.25, 0.3) is 0 Å². The van der Waals surface area contributed by atoms with Gasteiger partial charge in [-0.1, -0.05) is 35.5 Å². The molecule has 2 N–H and O–H groups in total. The molecule has 1 saturated heterocycles. The molecule has 0 radical (unpaired) electrons. The molecule has 1 saturated carbocycles. The zero-order valence-electron chi connectivity index (χ0n) is 16.2. The van der Waals surface area contributed by atoms with Gasteiger partial charge in [-0.05, 0) is 37.5 Å². The van der Waals surface area contributed by atoms with Gasteiger partial charge in [-0.25, -0.2) is 9.97 Å². The molecular formula is C21H21ClN4O3S. The molecule has 1 aliphatic carbocycles. The number of carboxylic acid groups (broad SMARTS) is 1. The van der Waals surface area contributed by atoms with E-state index in [2.05, 4.69) is 32.0 Å². The third-order valence-electron chi connectivity index (χ3n) is 5.76. The lowest BCUT2D eigenvalue weighted by Crippen LogP contribution is -2.41. The van der Waals surface area contributed by atoms with Crippen LogP contribution < -0.4 is 4.90 Å². The second kappa shape index (κ2) is 7.76. The molecule has 0 unspecified atom stereocenters. The minimum Gasteiger partial charge on any atom is -0.480 e. The SMILES string of the molecule is O=C(O)C1(Sc2nc3nc(-c4ccc(N5CCOCC5)cc4)c(Cl)cc3[nH]2)CCC1. The van der Waals surface area contributed by atoms with E-state index in [9.17, 15) is 9.90 Å². The molecule has 1 aromatic carbocycles. The van der Waals surface area contributed by atoms with E-state index in [1.807, 2.05) is 12.1 Å². The van der Waals surface area contributed by atoms with Crippen molar-refractivity contribution in [2.45, 2.75) is 29.2 Å². The van der Waals surface area contributed by atoms with Crippen molar-refractivity contribution in [1.82, 2.24) is 15.0 Å². The quantitative estimate of drug-likeness (QED) is 0.608. The first kappa shape index (κ1) is 19.7. The molecule has 0 amide bonds. The summed E-state index contributed by atoms with van der Waals surface area (Å²) >= 11 is 7.79. The van der Waals surface area contributed by atoms with Crippen molar-refractivity contribution in [3.05, 3.63) is 35.4 Å². The number of pyridine rings is 1. The number of anilines is 1. The smallest absolute Gasteiger partial charge is 0.320 e.